The number of hydrogen-bond donors (Lipinski definition) is 0. The maximum Gasteiger partial charge on any atom is 0.155 e. The minimum absolute atomic E-state index is 0.276. The van der Waals surface area contributed by atoms with Gasteiger partial charge in [-0.25, -0.2) is 0 Å². The number of carbonyl (C=O) groups excluding carboxylic acids is 1. The van der Waals surface area contributed by atoms with Crippen molar-refractivity contribution in [2.75, 3.05) is 5.75 Å². The van der Waals surface area contributed by atoms with Crippen LogP contribution in [0, 0.1) is 0 Å². The standard InChI is InChI=1S/C22H31NOS/c1-18-15-21(24)12-8-13-22(16-18)25-17-20-11-6-3-7-14-23(20)19-9-4-2-5-10-19/h7,11,14-16,19H,2-6,8-10,12-13,17H2,1H3/b18-15-,22-16?. The summed E-state index contributed by atoms with van der Waals surface area (Å²) in [6, 6.07) is 0.695. The fraction of sp³-hybridized carbons (Fsp3) is 0.591. The van der Waals surface area contributed by atoms with E-state index in [1.807, 2.05) is 24.8 Å². The number of nitrogens with zero attached hydrogens (tertiary/aromatic N) is 1. The van der Waals surface area contributed by atoms with Gasteiger partial charge in [-0.3, -0.25) is 4.79 Å². The number of thioether (sulfide) groups is 1. The lowest BCUT2D eigenvalue weighted by Gasteiger charge is -2.35. The molecule has 3 aliphatic rings. The number of allylic oxidation sites excluding steroid dienone is 6. The Labute approximate surface area is 157 Å². The summed E-state index contributed by atoms with van der Waals surface area (Å²) < 4.78 is 0. The maximum absolute atomic E-state index is 11.7. The number of hydrogen-bond acceptors (Lipinski definition) is 3. The highest BCUT2D eigenvalue weighted by atomic mass is 32.2. The van der Waals surface area contributed by atoms with E-state index in [1.165, 1.54) is 42.7 Å². The van der Waals surface area contributed by atoms with Crippen molar-refractivity contribution >= 4 is 17.5 Å². The van der Waals surface area contributed by atoms with E-state index in [0.717, 1.165) is 37.0 Å². The molecule has 0 aromatic carbocycles. The molecule has 0 amide bonds. The van der Waals surface area contributed by atoms with Gasteiger partial charge >= 0.3 is 0 Å². The summed E-state index contributed by atoms with van der Waals surface area (Å²) in [5, 5.41) is 0. The molecule has 0 N–H and O–H groups in total. The highest BCUT2D eigenvalue weighted by molar-refractivity contribution is 8.03. The predicted octanol–water partition coefficient (Wildman–Crippen LogP) is 6.13. The average Bonchev–Trinajstić information content (AvgIpc) is 2.84. The van der Waals surface area contributed by atoms with Gasteiger partial charge in [0, 0.05) is 30.1 Å². The molecule has 25 heavy (non-hydrogen) atoms. The Kier molecular flexibility index (Phi) is 7.03. The van der Waals surface area contributed by atoms with E-state index in [-0.39, 0.29) is 5.78 Å². The summed E-state index contributed by atoms with van der Waals surface area (Å²) in [5.74, 6) is 1.33. The maximum atomic E-state index is 11.7. The molecular weight excluding hydrogens is 326 g/mol. The zero-order chi connectivity index (χ0) is 17.5. The SMILES string of the molecule is C/C1=C/C(=O)CCCC(SCC2=CCCC=CN2C2CCCCC2)=C1. The molecule has 3 rings (SSSR count). The van der Waals surface area contributed by atoms with Crippen molar-refractivity contribution in [2.45, 2.75) is 77.2 Å². The van der Waals surface area contributed by atoms with Crippen molar-refractivity contribution in [1.29, 1.82) is 0 Å². The van der Waals surface area contributed by atoms with Crippen molar-refractivity contribution < 1.29 is 4.79 Å². The highest BCUT2D eigenvalue weighted by Crippen LogP contribution is 2.32. The second kappa shape index (κ2) is 9.47. The minimum Gasteiger partial charge on any atom is -0.348 e. The molecule has 0 atom stereocenters. The molecule has 3 heteroatoms. The van der Waals surface area contributed by atoms with Crippen molar-refractivity contribution in [3.05, 3.63) is 46.7 Å². The Balaban J connectivity index is 1.66. The smallest absolute Gasteiger partial charge is 0.155 e. The van der Waals surface area contributed by atoms with Crippen LogP contribution in [-0.4, -0.2) is 22.5 Å². The Morgan fingerprint density at radius 3 is 2.76 bits per heavy atom. The second-order valence-corrected chi connectivity index (χ2v) is 8.57. The second-order valence-electron chi connectivity index (χ2n) is 7.46. The third kappa shape index (κ3) is 5.64. The van der Waals surface area contributed by atoms with E-state index < -0.39 is 0 Å². The molecule has 0 aromatic rings. The fourth-order valence-corrected chi connectivity index (χ4v) is 5.15. The van der Waals surface area contributed by atoms with E-state index in [0.29, 0.717) is 12.5 Å². The Hall–Kier alpha value is -1.22. The Bertz CT molecular complexity index is 593. The first kappa shape index (κ1) is 18.6. The molecular formula is C22H31NOS. The molecule has 136 valence electrons. The van der Waals surface area contributed by atoms with Gasteiger partial charge < -0.3 is 4.90 Å². The Morgan fingerprint density at radius 1 is 1.08 bits per heavy atom. The molecule has 0 bridgehead atoms. The van der Waals surface area contributed by atoms with Gasteiger partial charge in [0.1, 0.15) is 0 Å². The van der Waals surface area contributed by atoms with Gasteiger partial charge in [-0.2, -0.15) is 0 Å². The zero-order valence-corrected chi connectivity index (χ0v) is 16.3. The van der Waals surface area contributed by atoms with Crippen molar-refractivity contribution in [1.82, 2.24) is 4.90 Å². The third-order valence-corrected chi connectivity index (χ3v) is 6.44. The van der Waals surface area contributed by atoms with Gasteiger partial charge in [0.25, 0.3) is 0 Å². The van der Waals surface area contributed by atoms with Crippen LogP contribution < -0.4 is 0 Å². The van der Waals surface area contributed by atoms with Gasteiger partial charge in [0.2, 0.25) is 0 Å². The third-order valence-electron chi connectivity index (χ3n) is 5.31. The van der Waals surface area contributed by atoms with Crippen molar-refractivity contribution in [3.8, 4) is 0 Å². The van der Waals surface area contributed by atoms with Crippen molar-refractivity contribution in [3.63, 3.8) is 0 Å². The number of ketones is 1. The molecule has 0 radical (unpaired) electrons. The van der Waals surface area contributed by atoms with Crippen LogP contribution >= 0.6 is 11.8 Å². The molecule has 0 aromatic heterocycles. The van der Waals surface area contributed by atoms with Gasteiger partial charge in [0.05, 0.1) is 0 Å². The summed E-state index contributed by atoms with van der Waals surface area (Å²) >= 11 is 1.97. The molecule has 1 heterocycles. The van der Waals surface area contributed by atoms with Crippen LogP contribution in [-0.2, 0) is 4.79 Å². The minimum atomic E-state index is 0.276. The van der Waals surface area contributed by atoms with Gasteiger partial charge in [-0.05, 0) is 68.1 Å². The van der Waals surface area contributed by atoms with Gasteiger partial charge in [-0.15, -0.1) is 11.8 Å². The van der Waals surface area contributed by atoms with E-state index in [2.05, 4.69) is 29.3 Å². The number of carbonyl (C=O) groups is 1. The topological polar surface area (TPSA) is 20.3 Å². The highest BCUT2D eigenvalue weighted by Gasteiger charge is 2.22. The number of rotatable bonds is 4. The summed E-state index contributed by atoms with van der Waals surface area (Å²) in [6.07, 6.45) is 23.0. The first-order valence-electron chi connectivity index (χ1n) is 9.91. The normalized spacial score (nSPS) is 25.4. The first-order chi connectivity index (χ1) is 12.2. The lowest BCUT2D eigenvalue weighted by atomic mass is 9.94. The molecule has 1 fully saturated rings. The van der Waals surface area contributed by atoms with E-state index in [1.54, 1.807) is 0 Å². The fourth-order valence-electron chi connectivity index (χ4n) is 4.00. The molecule has 1 aliphatic heterocycles. The van der Waals surface area contributed by atoms with Crippen LogP contribution in [0.15, 0.2) is 46.7 Å². The average molecular weight is 358 g/mol. The first-order valence-corrected chi connectivity index (χ1v) is 10.9. The summed E-state index contributed by atoms with van der Waals surface area (Å²) in [5.41, 5.74) is 2.59. The van der Waals surface area contributed by atoms with Crippen LogP contribution in [0.4, 0.5) is 0 Å². The summed E-state index contributed by atoms with van der Waals surface area (Å²) in [4.78, 5) is 15.7. The van der Waals surface area contributed by atoms with Crippen LogP contribution in [0.1, 0.15) is 71.1 Å². The van der Waals surface area contributed by atoms with Crippen LogP contribution in [0.5, 0.6) is 0 Å². The largest absolute Gasteiger partial charge is 0.348 e. The van der Waals surface area contributed by atoms with Crippen LogP contribution in [0.25, 0.3) is 0 Å². The summed E-state index contributed by atoms with van der Waals surface area (Å²) in [6.45, 7) is 2.05. The molecule has 0 saturated heterocycles. The lowest BCUT2D eigenvalue weighted by Crippen LogP contribution is -2.32. The van der Waals surface area contributed by atoms with Crippen LogP contribution in [0.2, 0.25) is 0 Å². The summed E-state index contributed by atoms with van der Waals surface area (Å²) in [7, 11) is 0. The van der Waals surface area contributed by atoms with E-state index in [4.69, 9.17) is 0 Å². The predicted molar refractivity (Wildman–Crippen MR) is 108 cm³/mol. The van der Waals surface area contributed by atoms with Crippen LogP contribution in [0.3, 0.4) is 0 Å². The van der Waals surface area contributed by atoms with Crippen molar-refractivity contribution in [2.24, 2.45) is 0 Å². The Morgan fingerprint density at radius 2 is 1.92 bits per heavy atom. The van der Waals surface area contributed by atoms with E-state index >= 15 is 0 Å². The lowest BCUT2D eigenvalue weighted by molar-refractivity contribution is -0.114. The monoisotopic (exact) mass is 357 g/mol. The molecule has 2 aliphatic carbocycles. The quantitative estimate of drug-likeness (QED) is 0.604. The van der Waals surface area contributed by atoms with Gasteiger partial charge in [0.15, 0.2) is 5.78 Å². The van der Waals surface area contributed by atoms with Gasteiger partial charge in [-0.1, -0.05) is 31.4 Å². The molecule has 0 unspecified atom stereocenters. The zero-order valence-electron chi connectivity index (χ0n) is 15.5. The molecule has 2 nitrogen and oxygen atoms in total. The molecule has 0 spiro atoms. The van der Waals surface area contributed by atoms with E-state index in [9.17, 15) is 4.79 Å². The molecule has 1 saturated carbocycles.